The molecule has 0 radical (unpaired) electrons. The van der Waals surface area contributed by atoms with Crippen LogP contribution in [0.5, 0.6) is 0 Å². The van der Waals surface area contributed by atoms with Crippen molar-refractivity contribution in [3.8, 4) is 0 Å². The number of nitrogens with zero attached hydrogens (tertiary/aromatic N) is 1. The third-order valence-electron chi connectivity index (χ3n) is 2.56. The van der Waals surface area contributed by atoms with Gasteiger partial charge in [0.25, 0.3) is 0 Å². The summed E-state index contributed by atoms with van der Waals surface area (Å²) in [7, 11) is 4.89. The van der Waals surface area contributed by atoms with Gasteiger partial charge in [-0.15, -0.1) is 0 Å². The first kappa shape index (κ1) is 17.3. The minimum atomic E-state index is 0.0434. The van der Waals surface area contributed by atoms with Gasteiger partial charge in [0.15, 0.2) is 0 Å². The highest BCUT2D eigenvalue weighted by molar-refractivity contribution is 5.78. The Hall–Kier alpha value is -0.690. The lowest BCUT2D eigenvalue weighted by molar-refractivity contribution is -0.134. The monoisotopic (exact) mass is 262 g/mol. The van der Waals surface area contributed by atoms with Crippen molar-refractivity contribution >= 4 is 5.91 Å². The molecule has 108 valence electrons. The van der Waals surface area contributed by atoms with E-state index in [1.54, 1.807) is 26.2 Å². The van der Waals surface area contributed by atoms with Gasteiger partial charge in [0.1, 0.15) is 0 Å². The Morgan fingerprint density at radius 2 is 1.83 bits per heavy atom. The van der Waals surface area contributed by atoms with Gasteiger partial charge in [0.05, 0.1) is 32.4 Å². The molecule has 0 aromatic rings. The average Bonchev–Trinajstić information content (AvgIpc) is 2.35. The number of rotatable bonds is 11. The van der Waals surface area contributed by atoms with Gasteiger partial charge in [0, 0.05) is 34.4 Å². The number of methoxy groups -OCH3 is 3. The molecule has 0 rings (SSSR count). The van der Waals surface area contributed by atoms with E-state index in [0.717, 1.165) is 0 Å². The zero-order chi connectivity index (χ0) is 13.8. The summed E-state index contributed by atoms with van der Waals surface area (Å²) in [6.45, 7) is 5.16. The Balaban J connectivity index is 4.13. The minimum Gasteiger partial charge on any atom is -0.383 e. The molecule has 0 aromatic carbocycles. The highest BCUT2D eigenvalue weighted by Crippen LogP contribution is 2.00. The second-order valence-corrected chi connectivity index (χ2v) is 4.05. The summed E-state index contributed by atoms with van der Waals surface area (Å²) >= 11 is 0. The van der Waals surface area contributed by atoms with Crippen molar-refractivity contribution in [3.05, 3.63) is 0 Å². The molecule has 6 nitrogen and oxygen atoms in total. The van der Waals surface area contributed by atoms with Gasteiger partial charge < -0.3 is 24.4 Å². The minimum absolute atomic E-state index is 0.0434. The predicted molar refractivity (Wildman–Crippen MR) is 69.7 cm³/mol. The van der Waals surface area contributed by atoms with Crippen LogP contribution in [-0.4, -0.2) is 77.6 Å². The number of nitrogens with one attached hydrogen (secondary N) is 1. The Bertz CT molecular complexity index is 214. The van der Waals surface area contributed by atoms with Gasteiger partial charge in [-0.1, -0.05) is 0 Å². The quantitative estimate of drug-likeness (QED) is 0.520. The summed E-state index contributed by atoms with van der Waals surface area (Å²) in [5, 5.41) is 3.04. The number of carbonyl (C=O) groups is 1. The Kier molecular flexibility index (Phi) is 11.0. The molecule has 6 heteroatoms. The second-order valence-electron chi connectivity index (χ2n) is 4.05. The average molecular weight is 262 g/mol. The van der Waals surface area contributed by atoms with Crippen molar-refractivity contribution in [2.45, 2.75) is 13.0 Å². The molecule has 18 heavy (non-hydrogen) atoms. The van der Waals surface area contributed by atoms with E-state index in [1.807, 2.05) is 6.92 Å². The van der Waals surface area contributed by atoms with Crippen molar-refractivity contribution in [1.29, 1.82) is 0 Å². The molecule has 1 unspecified atom stereocenters. The number of carbonyl (C=O) groups excluding carboxylic acids is 1. The maximum Gasteiger partial charge on any atom is 0.236 e. The van der Waals surface area contributed by atoms with Gasteiger partial charge in [-0.3, -0.25) is 4.79 Å². The molecule has 0 fully saturated rings. The number of hydrogen-bond acceptors (Lipinski definition) is 5. The molecular weight excluding hydrogens is 236 g/mol. The fourth-order valence-electron chi connectivity index (χ4n) is 1.58. The van der Waals surface area contributed by atoms with Crippen LogP contribution in [0.3, 0.4) is 0 Å². The van der Waals surface area contributed by atoms with Crippen molar-refractivity contribution in [3.63, 3.8) is 0 Å². The van der Waals surface area contributed by atoms with Crippen LogP contribution in [0, 0.1) is 0 Å². The summed E-state index contributed by atoms with van der Waals surface area (Å²) in [5.74, 6) is 0.0488. The van der Waals surface area contributed by atoms with Crippen LogP contribution in [0.2, 0.25) is 0 Å². The van der Waals surface area contributed by atoms with Crippen LogP contribution in [-0.2, 0) is 19.0 Å². The molecule has 1 atom stereocenters. The van der Waals surface area contributed by atoms with E-state index >= 15 is 0 Å². The molecule has 1 N–H and O–H groups in total. The maximum absolute atomic E-state index is 12.0. The summed E-state index contributed by atoms with van der Waals surface area (Å²) in [4.78, 5) is 13.8. The molecule has 0 spiro atoms. The number of amides is 1. The Morgan fingerprint density at radius 3 is 2.39 bits per heavy atom. The first-order valence-corrected chi connectivity index (χ1v) is 6.14. The third kappa shape index (κ3) is 7.60. The van der Waals surface area contributed by atoms with Crippen LogP contribution in [0.4, 0.5) is 0 Å². The fourth-order valence-corrected chi connectivity index (χ4v) is 1.58. The first-order chi connectivity index (χ1) is 8.67. The van der Waals surface area contributed by atoms with Gasteiger partial charge in [-0.25, -0.2) is 0 Å². The topological polar surface area (TPSA) is 60.0 Å². The molecule has 0 aromatic heterocycles. The molecule has 0 bridgehead atoms. The van der Waals surface area contributed by atoms with E-state index in [0.29, 0.717) is 39.5 Å². The highest BCUT2D eigenvalue weighted by Gasteiger charge is 2.19. The lowest BCUT2D eigenvalue weighted by atomic mass is 10.3. The van der Waals surface area contributed by atoms with E-state index in [9.17, 15) is 4.79 Å². The summed E-state index contributed by atoms with van der Waals surface area (Å²) in [6, 6.07) is 0.0434. The van der Waals surface area contributed by atoms with Crippen molar-refractivity contribution in [1.82, 2.24) is 10.2 Å². The number of hydrogen-bond donors (Lipinski definition) is 1. The smallest absolute Gasteiger partial charge is 0.236 e. The van der Waals surface area contributed by atoms with Gasteiger partial charge in [-0.2, -0.15) is 0 Å². The summed E-state index contributed by atoms with van der Waals surface area (Å²) in [6.07, 6.45) is 0. The second kappa shape index (κ2) is 11.4. The van der Waals surface area contributed by atoms with Crippen LogP contribution in [0.25, 0.3) is 0 Å². The molecule has 0 saturated carbocycles. The molecule has 0 aliphatic heterocycles. The van der Waals surface area contributed by atoms with Crippen molar-refractivity contribution < 1.29 is 19.0 Å². The Morgan fingerprint density at radius 1 is 1.17 bits per heavy atom. The van der Waals surface area contributed by atoms with Gasteiger partial charge >= 0.3 is 0 Å². The molecule has 0 aliphatic carbocycles. The lowest BCUT2D eigenvalue weighted by Gasteiger charge is -2.28. The van der Waals surface area contributed by atoms with Crippen LogP contribution < -0.4 is 5.32 Å². The normalized spacial score (nSPS) is 12.4. The van der Waals surface area contributed by atoms with E-state index in [-0.39, 0.29) is 11.9 Å². The lowest BCUT2D eigenvalue weighted by Crippen LogP contribution is -2.47. The standard InChI is InChI=1S/C12H26N2O4/c1-11(10-18-4)14(6-8-17-3)12(15)9-13-5-7-16-2/h11,13H,5-10H2,1-4H3. The molecule has 0 saturated heterocycles. The van der Waals surface area contributed by atoms with Gasteiger partial charge in [-0.05, 0) is 6.92 Å². The largest absolute Gasteiger partial charge is 0.383 e. The molecule has 0 aliphatic rings. The van der Waals surface area contributed by atoms with Gasteiger partial charge in [0.2, 0.25) is 5.91 Å². The molecular formula is C12H26N2O4. The molecule has 1 amide bonds. The van der Waals surface area contributed by atoms with Crippen LogP contribution in [0.15, 0.2) is 0 Å². The van der Waals surface area contributed by atoms with E-state index < -0.39 is 0 Å². The summed E-state index contributed by atoms with van der Waals surface area (Å²) in [5.41, 5.74) is 0. The first-order valence-electron chi connectivity index (χ1n) is 6.14. The van der Waals surface area contributed by atoms with E-state index in [4.69, 9.17) is 14.2 Å². The SMILES string of the molecule is COCCNCC(=O)N(CCOC)C(C)COC. The zero-order valence-corrected chi connectivity index (χ0v) is 11.9. The van der Waals surface area contributed by atoms with E-state index in [1.165, 1.54) is 0 Å². The molecule has 0 heterocycles. The fraction of sp³-hybridized carbons (Fsp3) is 0.917. The van der Waals surface area contributed by atoms with Crippen LogP contribution in [0.1, 0.15) is 6.92 Å². The Labute approximate surface area is 110 Å². The summed E-state index contributed by atoms with van der Waals surface area (Å²) < 4.78 is 15.0. The van der Waals surface area contributed by atoms with Crippen molar-refractivity contribution in [2.75, 3.05) is 60.8 Å². The third-order valence-corrected chi connectivity index (χ3v) is 2.56. The maximum atomic E-state index is 12.0. The number of ether oxygens (including phenoxy) is 3. The van der Waals surface area contributed by atoms with Crippen LogP contribution >= 0.6 is 0 Å². The highest BCUT2D eigenvalue weighted by atomic mass is 16.5. The van der Waals surface area contributed by atoms with E-state index in [2.05, 4.69) is 5.32 Å². The van der Waals surface area contributed by atoms with Crippen molar-refractivity contribution in [2.24, 2.45) is 0 Å². The predicted octanol–water partition coefficient (Wildman–Crippen LogP) is -0.268. The zero-order valence-electron chi connectivity index (χ0n) is 11.9.